The van der Waals surface area contributed by atoms with Crippen molar-refractivity contribution in [3.05, 3.63) is 12.2 Å². The quantitative estimate of drug-likeness (QED) is 0.411. The molecule has 13 heavy (non-hydrogen) atoms. The predicted molar refractivity (Wildman–Crippen MR) is 57.8 cm³/mol. The molecule has 1 nitrogen and oxygen atoms in total. The van der Waals surface area contributed by atoms with Crippen molar-refractivity contribution in [2.45, 2.75) is 58.8 Å². The highest BCUT2D eigenvalue weighted by Gasteiger charge is 1.95. The third-order valence-corrected chi connectivity index (χ3v) is 2.13. The second-order valence-electron chi connectivity index (χ2n) is 3.48. The van der Waals surface area contributed by atoms with E-state index in [1.54, 1.807) is 6.08 Å². The zero-order valence-corrected chi connectivity index (χ0v) is 9.01. The topological polar surface area (TPSA) is 17.1 Å². The average Bonchev–Trinajstić information content (AvgIpc) is 2.11. The van der Waals surface area contributed by atoms with Crippen LogP contribution in [0.1, 0.15) is 58.8 Å². The van der Waals surface area contributed by atoms with Gasteiger partial charge >= 0.3 is 0 Å². The van der Waals surface area contributed by atoms with Crippen LogP contribution in [0.15, 0.2) is 12.2 Å². The third kappa shape index (κ3) is 9.32. The third-order valence-electron chi connectivity index (χ3n) is 2.13. The molecule has 0 heterocycles. The Kier molecular flexibility index (Phi) is 9.07. The van der Waals surface area contributed by atoms with E-state index in [1.165, 1.54) is 32.1 Å². The lowest BCUT2D eigenvalue weighted by molar-refractivity contribution is -0.114. The summed E-state index contributed by atoms with van der Waals surface area (Å²) in [5, 5.41) is 0. The molecule has 0 amide bonds. The van der Waals surface area contributed by atoms with Crippen molar-refractivity contribution < 1.29 is 4.79 Å². The van der Waals surface area contributed by atoms with Crippen LogP contribution in [-0.2, 0) is 4.79 Å². The first-order valence-corrected chi connectivity index (χ1v) is 5.46. The fraction of sp³-hybridized carbons (Fsp3) is 0.750. The average molecular weight is 182 g/mol. The second kappa shape index (κ2) is 9.50. The molecule has 0 aliphatic carbocycles. The van der Waals surface area contributed by atoms with E-state index in [9.17, 15) is 4.79 Å². The van der Waals surface area contributed by atoms with Crippen molar-refractivity contribution >= 4 is 5.78 Å². The molecule has 0 aliphatic rings. The van der Waals surface area contributed by atoms with Gasteiger partial charge in [-0.2, -0.15) is 0 Å². The van der Waals surface area contributed by atoms with Crippen molar-refractivity contribution in [1.82, 2.24) is 0 Å². The molecule has 76 valence electrons. The summed E-state index contributed by atoms with van der Waals surface area (Å²) in [6.07, 6.45) is 11.7. The number of rotatable bonds is 8. The zero-order valence-electron chi connectivity index (χ0n) is 9.01. The highest BCUT2D eigenvalue weighted by molar-refractivity contribution is 5.89. The molecule has 0 aromatic carbocycles. The summed E-state index contributed by atoms with van der Waals surface area (Å²) >= 11 is 0. The fourth-order valence-electron chi connectivity index (χ4n) is 1.35. The first kappa shape index (κ1) is 12.4. The number of carbonyl (C=O) groups excluding carboxylic acids is 1. The van der Waals surface area contributed by atoms with E-state index >= 15 is 0 Å². The molecule has 0 aromatic heterocycles. The number of allylic oxidation sites excluding steroid dienone is 2. The van der Waals surface area contributed by atoms with Gasteiger partial charge in [0, 0.05) is 6.42 Å². The molecule has 1 heteroatoms. The Morgan fingerprint density at radius 3 is 2.31 bits per heavy atom. The lowest BCUT2D eigenvalue weighted by atomic mass is 10.1. The first-order valence-electron chi connectivity index (χ1n) is 5.46. The van der Waals surface area contributed by atoms with Crippen LogP contribution in [0.4, 0.5) is 0 Å². The van der Waals surface area contributed by atoms with E-state index in [0.29, 0.717) is 0 Å². The predicted octanol–water partition coefficient (Wildman–Crippen LogP) is 3.88. The highest BCUT2D eigenvalue weighted by atomic mass is 16.1. The van der Waals surface area contributed by atoms with Gasteiger partial charge < -0.3 is 0 Å². The molecular formula is C12H22O. The van der Waals surface area contributed by atoms with Crippen molar-refractivity contribution in [2.24, 2.45) is 0 Å². The second-order valence-corrected chi connectivity index (χ2v) is 3.48. The van der Waals surface area contributed by atoms with E-state index in [4.69, 9.17) is 0 Å². The smallest absolute Gasteiger partial charge is 0.155 e. The maximum atomic E-state index is 11.0. The minimum atomic E-state index is 0.276. The fourth-order valence-corrected chi connectivity index (χ4v) is 1.35. The van der Waals surface area contributed by atoms with Crippen LogP contribution in [0.25, 0.3) is 0 Å². The summed E-state index contributed by atoms with van der Waals surface area (Å²) in [5.41, 5.74) is 0. The summed E-state index contributed by atoms with van der Waals surface area (Å²) in [6.45, 7) is 4.11. The molecule has 0 N–H and O–H groups in total. The van der Waals surface area contributed by atoms with E-state index < -0.39 is 0 Å². The van der Waals surface area contributed by atoms with Crippen LogP contribution in [0.3, 0.4) is 0 Å². The van der Waals surface area contributed by atoms with E-state index in [0.717, 1.165) is 12.8 Å². The summed E-state index contributed by atoms with van der Waals surface area (Å²) in [5.74, 6) is 0.276. The molecular weight excluding hydrogens is 160 g/mol. The molecule has 0 aliphatic heterocycles. The molecule has 0 spiro atoms. The van der Waals surface area contributed by atoms with Gasteiger partial charge in [-0.15, -0.1) is 0 Å². The Hall–Kier alpha value is -0.590. The van der Waals surface area contributed by atoms with Gasteiger partial charge in [0.1, 0.15) is 0 Å². The van der Waals surface area contributed by atoms with Gasteiger partial charge in [-0.1, -0.05) is 45.1 Å². The lowest BCUT2D eigenvalue weighted by Crippen LogP contribution is -1.91. The first-order chi connectivity index (χ1) is 6.31. The van der Waals surface area contributed by atoms with Gasteiger partial charge in [0.05, 0.1) is 0 Å². The van der Waals surface area contributed by atoms with Crippen molar-refractivity contribution in [3.8, 4) is 0 Å². The largest absolute Gasteiger partial charge is 0.295 e. The maximum Gasteiger partial charge on any atom is 0.155 e. The van der Waals surface area contributed by atoms with E-state index in [1.807, 2.05) is 13.0 Å². The monoisotopic (exact) mass is 182 g/mol. The summed E-state index contributed by atoms with van der Waals surface area (Å²) in [4.78, 5) is 11.0. The van der Waals surface area contributed by atoms with E-state index in [-0.39, 0.29) is 5.78 Å². The van der Waals surface area contributed by atoms with Gasteiger partial charge in [0.25, 0.3) is 0 Å². The van der Waals surface area contributed by atoms with Crippen molar-refractivity contribution in [2.75, 3.05) is 0 Å². The van der Waals surface area contributed by atoms with Gasteiger partial charge in [-0.3, -0.25) is 4.79 Å². The molecule has 0 fully saturated rings. The van der Waals surface area contributed by atoms with Gasteiger partial charge in [0.2, 0.25) is 0 Å². The molecule has 0 unspecified atom stereocenters. The normalized spacial score (nSPS) is 10.9. The summed E-state index contributed by atoms with van der Waals surface area (Å²) in [6, 6.07) is 0. The number of unbranched alkanes of at least 4 members (excludes halogenated alkanes) is 5. The summed E-state index contributed by atoms with van der Waals surface area (Å²) < 4.78 is 0. The summed E-state index contributed by atoms with van der Waals surface area (Å²) in [7, 11) is 0. The maximum absolute atomic E-state index is 11.0. The van der Waals surface area contributed by atoms with Crippen LogP contribution >= 0.6 is 0 Å². The number of carbonyl (C=O) groups is 1. The number of hydrogen-bond acceptors (Lipinski definition) is 1. The molecule has 0 saturated heterocycles. The van der Waals surface area contributed by atoms with Crippen molar-refractivity contribution in [3.63, 3.8) is 0 Å². The molecule has 0 bridgehead atoms. The van der Waals surface area contributed by atoms with Gasteiger partial charge in [0.15, 0.2) is 5.78 Å². The minimum Gasteiger partial charge on any atom is -0.295 e. The Morgan fingerprint density at radius 1 is 1.08 bits per heavy atom. The minimum absolute atomic E-state index is 0.276. The van der Waals surface area contributed by atoms with Crippen LogP contribution in [0, 0.1) is 0 Å². The molecule has 0 rings (SSSR count). The Morgan fingerprint density at radius 2 is 1.69 bits per heavy atom. The van der Waals surface area contributed by atoms with Crippen LogP contribution in [0.5, 0.6) is 0 Å². The standard InChI is InChI=1S/C12H22O/c1-3-5-6-7-8-9-11-12(13)10-4-2/h4,10H,3,5-9,11H2,1-2H3. The Balaban J connectivity index is 3.11. The van der Waals surface area contributed by atoms with Gasteiger partial charge in [-0.05, 0) is 19.4 Å². The Bertz CT molecular complexity index is 147. The molecule has 0 saturated carbocycles. The molecule has 0 atom stereocenters. The highest BCUT2D eigenvalue weighted by Crippen LogP contribution is 2.07. The van der Waals surface area contributed by atoms with Crippen LogP contribution in [-0.4, -0.2) is 5.78 Å². The number of ketones is 1. The van der Waals surface area contributed by atoms with E-state index in [2.05, 4.69) is 6.92 Å². The van der Waals surface area contributed by atoms with Gasteiger partial charge in [-0.25, -0.2) is 0 Å². The number of hydrogen-bond donors (Lipinski definition) is 0. The Labute approximate surface area is 82.2 Å². The van der Waals surface area contributed by atoms with Crippen molar-refractivity contribution in [1.29, 1.82) is 0 Å². The lowest BCUT2D eigenvalue weighted by Gasteiger charge is -1.98. The zero-order chi connectivity index (χ0) is 9.94. The molecule has 0 radical (unpaired) electrons. The van der Waals surface area contributed by atoms with Crippen LogP contribution in [0.2, 0.25) is 0 Å². The molecule has 0 aromatic rings. The van der Waals surface area contributed by atoms with Crippen LogP contribution < -0.4 is 0 Å². The SMILES string of the molecule is CC=CC(=O)CCCCCCCC.